The molecule has 0 unspecified atom stereocenters. The Balaban J connectivity index is 1.67. The number of fused-ring (bicyclic) bond motifs is 1. The Kier molecular flexibility index (Phi) is 4.78. The molecule has 1 fully saturated rings. The number of hydrogen-bond donors (Lipinski definition) is 2. The number of hydrogen-bond acceptors (Lipinski definition) is 4. The highest BCUT2D eigenvalue weighted by Gasteiger charge is 2.39. The monoisotopic (exact) mass is 398 g/mol. The number of carbonyl (C=O) groups is 1. The van der Waals surface area contributed by atoms with Gasteiger partial charge in [0.1, 0.15) is 11.5 Å². The number of nitrogens with zero attached hydrogens (tertiary/aromatic N) is 4. The van der Waals surface area contributed by atoms with E-state index in [1.165, 1.54) is 10.9 Å². The van der Waals surface area contributed by atoms with Crippen molar-refractivity contribution < 1.29 is 13.6 Å². The summed E-state index contributed by atoms with van der Waals surface area (Å²) < 4.78 is 28.8. The SMILES string of the molecule is Cn1nccc1C(=O)N[C@H](c1nc2ccc(C#N)cc2[nH]1)C1CCC(F)(F)CC1. The van der Waals surface area contributed by atoms with Gasteiger partial charge in [-0.15, -0.1) is 0 Å². The number of rotatable bonds is 4. The summed E-state index contributed by atoms with van der Waals surface area (Å²) >= 11 is 0. The van der Waals surface area contributed by atoms with Crippen LogP contribution in [0.3, 0.4) is 0 Å². The van der Waals surface area contributed by atoms with E-state index in [1.54, 1.807) is 31.3 Å². The molecule has 1 aliphatic rings. The Bertz CT molecular complexity index is 1090. The first-order valence-electron chi connectivity index (χ1n) is 9.43. The number of aromatic amines is 1. The van der Waals surface area contributed by atoms with Gasteiger partial charge in [-0.1, -0.05) is 0 Å². The Morgan fingerprint density at radius 3 is 2.79 bits per heavy atom. The Morgan fingerprint density at radius 2 is 2.14 bits per heavy atom. The lowest BCUT2D eigenvalue weighted by Gasteiger charge is -2.33. The van der Waals surface area contributed by atoms with E-state index in [0.717, 1.165) is 0 Å². The zero-order valence-electron chi connectivity index (χ0n) is 15.8. The lowest BCUT2D eigenvalue weighted by Crippen LogP contribution is -2.38. The lowest BCUT2D eigenvalue weighted by molar-refractivity contribution is -0.0496. The van der Waals surface area contributed by atoms with E-state index in [2.05, 4.69) is 26.5 Å². The van der Waals surface area contributed by atoms with Crippen LogP contribution in [0, 0.1) is 17.2 Å². The second-order valence-corrected chi connectivity index (χ2v) is 7.45. The second kappa shape index (κ2) is 7.28. The molecule has 150 valence electrons. The van der Waals surface area contributed by atoms with Crippen LogP contribution in [0.4, 0.5) is 8.78 Å². The number of imidazole rings is 1. The number of nitriles is 1. The second-order valence-electron chi connectivity index (χ2n) is 7.45. The number of amides is 1. The molecule has 7 nitrogen and oxygen atoms in total. The van der Waals surface area contributed by atoms with Crippen molar-refractivity contribution in [1.82, 2.24) is 25.1 Å². The number of benzene rings is 1. The van der Waals surface area contributed by atoms with E-state index in [1.807, 2.05) is 0 Å². The quantitative estimate of drug-likeness (QED) is 0.703. The standard InChI is InChI=1S/C20H20F2N6O/c1-28-16(6-9-24-28)19(29)27-17(13-4-7-20(21,22)8-5-13)18-25-14-3-2-12(11-23)10-15(14)26-18/h2-3,6,9-10,13,17H,4-5,7-8H2,1H3,(H,25,26)(H,27,29)/t17-/m0/s1. The molecule has 2 N–H and O–H groups in total. The minimum Gasteiger partial charge on any atom is -0.340 e. The average molecular weight is 398 g/mol. The smallest absolute Gasteiger partial charge is 0.270 e. The number of H-pyrrole nitrogens is 1. The number of nitrogens with one attached hydrogen (secondary N) is 2. The van der Waals surface area contributed by atoms with Crippen molar-refractivity contribution >= 4 is 16.9 Å². The number of alkyl halides is 2. The van der Waals surface area contributed by atoms with Crippen LogP contribution in [-0.2, 0) is 7.05 Å². The van der Waals surface area contributed by atoms with Gasteiger partial charge in [-0.3, -0.25) is 9.48 Å². The van der Waals surface area contributed by atoms with Gasteiger partial charge in [0.25, 0.3) is 5.91 Å². The summed E-state index contributed by atoms with van der Waals surface area (Å²) in [5.74, 6) is -2.68. The van der Waals surface area contributed by atoms with Gasteiger partial charge < -0.3 is 10.3 Å². The predicted octanol–water partition coefficient (Wildman–Crippen LogP) is 3.46. The minimum absolute atomic E-state index is 0.178. The van der Waals surface area contributed by atoms with Crippen LogP contribution in [0.5, 0.6) is 0 Å². The fourth-order valence-electron chi connectivity index (χ4n) is 3.86. The van der Waals surface area contributed by atoms with Crippen molar-refractivity contribution in [3.05, 3.63) is 47.5 Å². The van der Waals surface area contributed by atoms with Crippen molar-refractivity contribution in [3.8, 4) is 6.07 Å². The van der Waals surface area contributed by atoms with Crippen molar-refractivity contribution in [2.24, 2.45) is 13.0 Å². The molecule has 0 bridgehead atoms. The van der Waals surface area contributed by atoms with Gasteiger partial charge in [0.15, 0.2) is 0 Å². The first kappa shape index (κ1) is 19.1. The van der Waals surface area contributed by atoms with Gasteiger partial charge in [0.2, 0.25) is 5.92 Å². The fourth-order valence-corrected chi connectivity index (χ4v) is 3.86. The third-order valence-corrected chi connectivity index (χ3v) is 5.50. The van der Waals surface area contributed by atoms with Crippen molar-refractivity contribution in [3.63, 3.8) is 0 Å². The van der Waals surface area contributed by atoms with Gasteiger partial charge in [0, 0.05) is 26.1 Å². The lowest BCUT2D eigenvalue weighted by atomic mass is 9.81. The Morgan fingerprint density at radius 1 is 1.38 bits per heavy atom. The molecule has 9 heteroatoms. The molecule has 1 aliphatic carbocycles. The van der Waals surface area contributed by atoms with Crippen LogP contribution in [0.2, 0.25) is 0 Å². The van der Waals surface area contributed by atoms with Crippen molar-refractivity contribution in [2.45, 2.75) is 37.6 Å². The molecule has 0 spiro atoms. The number of carbonyl (C=O) groups excluding carboxylic acids is 1. The van der Waals surface area contributed by atoms with E-state index >= 15 is 0 Å². The molecule has 0 saturated heterocycles. The molecule has 1 amide bonds. The van der Waals surface area contributed by atoms with Crippen LogP contribution in [-0.4, -0.2) is 31.6 Å². The summed E-state index contributed by atoms with van der Waals surface area (Å²) in [5, 5.41) is 16.1. The van der Waals surface area contributed by atoms with Crippen LogP contribution in [0.25, 0.3) is 11.0 Å². The highest BCUT2D eigenvalue weighted by molar-refractivity contribution is 5.92. The van der Waals surface area contributed by atoms with Gasteiger partial charge in [-0.05, 0) is 43.0 Å². The molecule has 2 aromatic heterocycles. The average Bonchev–Trinajstić information content (AvgIpc) is 3.31. The molecule has 29 heavy (non-hydrogen) atoms. The van der Waals surface area contributed by atoms with E-state index in [-0.39, 0.29) is 37.5 Å². The van der Waals surface area contributed by atoms with Gasteiger partial charge >= 0.3 is 0 Å². The molecule has 4 rings (SSSR count). The Labute approximate surface area is 165 Å². The largest absolute Gasteiger partial charge is 0.340 e. The van der Waals surface area contributed by atoms with Gasteiger partial charge in [-0.25, -0.2) is 13.8 Å². The Hall–Kier alpha value is -3.28. The molecule has 0 radical (unpaired) electrons. The molecule has 1 atom stereocenters. The van der Waals surface area contributed by atoms with Crippen molar-refractivity contribution in [1.29, 1.82) is 5.26 Å². The van der Waals surface area contributed by atoms with E-state index in [0.29, 0.717) is 28.1 Å². The van der Waals surface area contributed by atoms with E-state index in [4.69, 9.17) is 5.26 Å². The molecule has 1 aromatic carbocycles. The molecule has 3 aromatic rings. The molecule has 1 saturated carbocycles. The minimum atomic E-state index is -2.66. The summed E-state index contributed by atoms with van der Waals surface area (Å²) in [7, 11) is 1.66. The maximum atomic E-state index is 13.7. The topological polar surface area (TPSA) is 99.4 Å². The number of halogens is 2. The summed E-state index contributed by atoms with van der Waals surface area (Å²) in [6.45, 7) is 0. The highest BCUT2D eigenvalue weighted by atomic mass is 19.3. The molecule has 2 heterocycles. The first-order chi connectivity index (χ1) is 13.9. The summed E-state index contributed by atoms with van der Waals surface area (Å²) in [4.78, 5) is 20.5. The maximum absolute atomic E-state index is 13.7. The normalized spacial score (nSPS) is 17.7. The zero-order valence-corrected chi connectivity index (χ0v) is 15.8. The summed E-state index contributed by atoms with van der Waals surface area (Å²) in [5.41, 5.74) is 2.18. The predicted molar refractivity (Wildman–Crippen MR) is 101 cm³/mol. The third-order valence-electron chi connectivity index (χ3n) is 5.50. The molecular weight excluding hydrogens is 378 g/mol. The van der Waals surface area contributed by atoms with E-state index < -0.39 is 12.0 Å². The summed E-state index contributed by atoms with van der Waals surface area (Å²) in [6, 6.07) is 8.19. The third kappa shape index (κ3) is 3.83. The maximum Gasteiger partial charge on any atom is 0.270 e. The fraction of sp³-hybridized carbons (Fsp3) is 0.400. The number of aromatic nitrogens is 4. The highest BCUT2D eigenvalue weighted by Crippen LogP contribution is 2.41. The first-order valence-corrected chi connectivity index (χ1v) is 9.43. The van der Waals surface area contributed by atoms with Crippen LogP contribution < -0.4 is 5.32 Å². The summed E-state index contributed by atoms with van der Waals surface area (Å²) in [6.07, 6.45) is 1.66. The van der Waals surface area contributed by atoms with E-state index in [9.17, 15) is 13.6 Å². The van der Waals surface area contributed by atoms with Crippen LogP contribution in [0.15, 0.2) is 30.5 Å². The molecule has 0 aliphatic heterocycles. The van der Waals surface area contributed by atoms with Crippen LogP contribution in [0.1, 0.15) is 53.6 Å². The zero-order chi connectivity index (χ0) is 20.6. The van der Waals surface area contributed by atoms with Gasteiger partial charge in [0.05, 0.1) is 28.7 Å². The van der Waals surface area contributed by atoms with Crippen LogP contribution >= 0.6 is 0 Å². The number of aryl methyl sites for hydroxylation is 1. The van der Waals surface area contributed by atoms with Crippen molar-refractivity contribution in [2.75, 3.05) is 0 Å². The van der Waals surface area contributed by atoms with Gasteiger partial charge in [-0.2, -0.15) is 10.4 Å². The molecular formula is C20H20F2N6O.